The molecular weight excluding hydrogens is 485 g/mol. The number of hydrogen-bond acceptors (Lipinski definition) is 4. The van der Waals surface area contributed by atoms with Crippen LogP contribution in [0.2, 0.25) is 0 Å². The maximum Gasteiger partial charge on any atom is 0.264 e. The van der Waals surface area contributed by atoms with Gasteiger partial charge in [-0.15, -0.1) is 0 Å². The van der Waals surface area contributed by atoms with Crippen LogP contribution in [-0.2, 0) is 14.8 Å². The highest BCUT2D eigenvalue weighted by Gasteiger charge is 2.27. The first-order valence-corrected chi connectivity index (χ1v) is 11.4. The van der Waals surface area contributed by atoms with E-state index in [0.717, 1.165) is 32.0 Å². The van der Waals surface area contributed by atoms with Crippen LogP contribution in [0.5, 0.6) is 0 Å². The van der Waals surface area contributed by atoms with E-state index in [4.69, 9.17) is 0 Å². The van der Waals surface area contributed by atoms with Gasteiger partial charge >= 0.3 is 0 Å². The smallest absolute Gasteiger partial charge is 0.264 e. The van der Waals surface area contributed by atoms with Gasteiger partial charge in [-0.3, -0.25) is 9.10 Å². The Morgan fingerprint density at radius 2 is 1.65 bits per heavy atom. The lowest BCUT2D eigenvalue weighted by atomic mass is 10.2. The van der Waals surface area contributed by atoms with Gasteiger partial charge in [0.1, 0.15) is 12.4 Å². The third-order valence-corrected chi connectivity index (χ3v) is 6.60. The van der Waals surface area contributed by atoms with Gasteiger partial charge in [-0.1, -0.05) is 45.8 Å². The zero-order chi connectivity index (χ0) is 22.4. The lowest BCUT2D eigenvalue weighted by molar-refractivity contribution is -0.119. The van der Waals surface area contributed by atoms with Crippen molar-refractivity contribution in [3.63, 3.8) is 0 Å². The Hall–Kier alpha value is -3.04. The van der Waals surface area contributed by atoms with Gasteiger partial charge in [-0.25, -0.2) is 18.2 Å². The van der Waals surface area contributed by atoms with Gasteiger partial charge in [-0.05, 0) is 61.0 Å². The highest BCUT2D eigenvalue weighted by molar-refractivity contribution is 9.10. The summed E-state index contributed by atoms with van der Waals surface area (Å²) in [6.07, 6.45) is 1.45. The standard InChI is InChI=1S/C22H19BrFN3O3S/c1-16-2-12-21(13-3-16)31(29,30)27(20-10-8-19(24)9-11-20)15-22(28)26-25-14-17-4-6-18(23)7-5-17/h2-14H,15H2,1H3,(H,26,28)/b25-14-. The molecule has 1 N–H and O–H groups in total. The second kappa shape index (κ2) is 9.84. The van der Waals surface area contributed by atoms with E-state index >= 15 is 0 Å². The Bertz CT molecular complexity index is 1180. The number of halogens is 2. The number of rotatable bonds is 7. The summed E-state index contributed by atoms with van der Waals surface area (Å²) in [4.78, 5) is 12.5. The van der Waals surface area contributed by atoms with Crippen LogP contribution in [0.3, 0.4) is 0 Å². The van der Waals surface area contributed by atoms with E-state index in [1.54, 1.807) is 24.3 Å². The largest absolute Gasteiger partial charge is 0.271 e. The number of nitrogens with one attached hydrogen (secondary N) is 1. The minimum absolute atomic E-state index is 0.0218. The van der Waals surface area contributed by atoms with Crippen molar-refractivity contribution in [3.8, 4) is 0 Å². The topological polar surface area (TPSA) is 78.8 Å². The molecule has 3 aromatic rings. The highest BCUT2D eigenvalue weighted by atomic mass is 79.9. The zero-order valence-corrected chi connectivity index (χ0v) is 18.9. The van der Waals surface area contributed by atoms with E-state index in [-0.39, 0.29) is 10.6 Å². The second-order valence-corrected chi connectivity index (χ2v) is 9.42. The predicted octanol–water partition coefficient (Wildman–Crippen LogP) is 4.24. The van der Waals surface area contributed by atoms with Gasteiger partial charge < -0.3 is 0 Å². The quantitative estimate of drug-likeness (QED) is 0.386. The molecule has 0 fully saturated rings. The molecule has 1 amide bonds. The number of aryl methyl sites for hydroxylation is 1. The molecule has 6 nitrogen and oxygen atoms in total. The molecule has 3 aromatic carbocycles. The van der Waals surface area contributed by atoms with E-state index in [1.165, 1.54) is 30.5 Å². The molecule has 160 valence electrons. The predicted molar refractivity (Wildman–Crippen MR) is 122 cm³/mol. The minimum Gasteiger partial charge on any atom is -0.271 e. The van der Waals surface area contributed by atoms with E-state index in [9.17, 15) is 17.6 Å². The van der Waals surface area contributed by atoms with E-state index < -0.39 is 28.3 Å². The molecule has 0 bridgehead atoms. The number of hydrogen-bond donors (Lipinski definition) is 1. The molecular formula is C22H19BrFN3O3S. The van der Waals surface area contributed by atoms with Crippen molar-refractivity contribution in [3.05, 3.63) is 94.2 Å². The number of sulfonamides is 1. The van der Waals surface area contributed by atoms with E-state index in [1.807, 2.05) is 19.1 Å². The second-order valence-electron chi connectivity index (χ2n) is 6.65. The first kappa shape index (κ1) is 22.6. The fourth-order valence-electron chi connectivity index (χ4n) is 2.65. The van der Waals surface area contributed by atoms with Crippen molar-refractivity contribution in [2.75, 3.05) is 10.8 Å². The first-order chi connectivity index (χ1) is 14.8. The van der Waals surface area contributed by atoms with Crippen molar-refractivity contribution in [1.29, 1.82) is 0 Å². The van der Waals surface area contributed by atoms with Gasteiger partial charge in [0.2, 0.25) is 0 Å². The molecule has 0 radical (unpaired) electrons. The maximum absolute atomic E-state index is 13.4. The molecule has 31 heavy (non-hydrogen) atoms. The number of hydrazone groups is 1. The van der Waals surface area contributed by atoms with Crippen molar-refractivity contribution in [2.24, 2.45) is 5.10 Å². The van der Waals surface area contributed by atoms with Crippen LogP contribution < -0.4 is 9.73 Å². The molecule has 0 unspecified atom stereocenters. The number of carbonyl (C=O) groups is 1. The molecule has 0 aliphatic heterocycles. The summed E-state index contributed by atoms with van der Waals surface area (Å²) in [5.74, 6) is -1.16. The third-order valence-electron chi connectivity index (χ3n) is 4.28. The molecule has 0 saturated carbocycles. The summed E-state index contributed by atoms with van der Waals surface area (Å²) in [7, 11) is -4.07. The fourth-order valence-corrected chi connectivity index (χ4v) is 4.34. The lowest BCUT2D eigenvalue weighted by Gasteiger charge is -2.23. The van der Waals surface area contributed by atoms with Crippen molar-refractivity contribution < 1.29 is 17.6 Å². The zero-order valence-electron chi connectivity index (χ0n) is 16.5. The van der Waals surface area contributed by atoms with Gasteiger partial charge in [0.15, 0.2) is 0 Å². The minimum atomic E-state index is -4.07. The molecule has 3 rings (SSSR count). The summed E-state index contributed by atoms with van der Waals surface area (Å²) in [5.41, 5.74) is 4.14. The fraction of sp³-hybridized carbons (Fsp3) is 0.0909. The molecule has 0 saturated heterocycles. The van der Waals surface area contributed by atoms with Crippen LogP contribution in [-0.4, -0.2) is 27.1 Å². The van der Waals surface area contributed by atoms with Crippen molar-refractivity contribution >= 4 is 43.8 Å². The number of amides is 1. The normalized spacial score (nSPS) is 11.5. The summed E-state index contributed by atoms with van der Waals surface area (Å²) in [5, 5.41) is 3.88. The number of anilines is 1. The molecule has 0 atom stereocenters. The molecule has 0 spiro atoms. The van der Waals surface area contributed by atoms with Gasteiger partial charge in [0, 0.05) is 4.47 Å². The van der Waals surface area contributed by atoms with Crippen LogP contribution in [0.15, 0.2) is 87.3 Å². The summed E-state index contributed by atoms with van der Waals surface area (Å²) in [6.45, 7) is 1.31. The monoisotopic (exact) mass is 503 g/mol. The van der Waals surface area contributed by atoms with Crippen LogP contribution >= 0.6 is 15.9 Å². The number of carbonyl (C=O) groups excluding carboxylic acids is 1. The van der Waals surface area contributed by atoms with Crippen LogP contribution in [0.1, 0.15) is 11.1 Å². The van der Waals surface area contributed by atoms with Crippen LogP contribution in [0.4, 0.5) is 10.1 Å². The highest BCUT2D eigenvalue weighted by Crippen LogP contribution is 2.24. The lowest BCUT2D eigenvalue weighted by Crippen LogP contribution is -2.39. The summed E-state index contributed by atoms with van der Waals surface area (Å²) >= 11 is 3.33. The van der Waals surface area contributed by atoms with Crippen molar-refractivity contribution in [2.45, 2.75) is 11.8 Å². The van der Waals surface area contributed by atoms with Gasteiger partial charge in [0.25, 0.3) is 15.9 Å². The van der Waals surface area contributed by atoms with E-state index in [0.29, 0.717) is 0 Å². The number of nitrogens with zero attached hydrogens (tertiary/aromatic N) is 2. The third kappa shape index (κ3) is 5.99. The Morgan fingerprint density at radius 1 is 1.03 bits per heavy atom. The van der Waals surface area contributed by atoms with E-state index in [2.05, 4.69) is 26.5 Å². The summed E-state index contributed by atoms with van der Waals surface area (Å²) in [6, 6.07) is 18.4. The average molecular weight is 504 g/mol. The molecule has 0 aliphatic carbocycles. The molecule has 0 aromatic heterocycles. The maximum atomic E-state index is 13.4. The van der Waals surface area contributed by atoms with Crippen LogP contribution in [0, 0.1) is 12.7 Å². The molecule has 0 heterocycles. The van der Waals surface area contributed by atoms with Gasteiger partial charge in [-0.2, -0.15) is 5.10 Å². The SMILES string of the molecule is Cc1ccc(S(=O)(=O)N(CC(=O)N/N=C\c2ccc(Br)cc2)c2ccc(F)cc2)cc1. The average Bonchev–Trinajstić information content (AvgIpc) is 2.74. The van der Waals surface area contributed by atoms with Gasteiger partial charge in [0.05, 0.1) is 16.8 Å². The molecule has 0 aliphatic rings. The Morgan fingerprint density at radius 3 is 2.26 bits per heavy atom. The first-order valence-electron chi connectivity index (χ1n) is 9.18. The Balaban J connectivity index is 1.82. The number of benzene rings is 3. The summed E-state index contributed by atoms with van der Waals surface area (Å²) < 4.78 is 41.6. The van der Waals surface area contributed by atoms with Crippen molar-refractivity contribution in [1.82, 2.24) is 5.43 Å². The molecule has 9 heteroatoms. The van der Waals surface area contributed by atoms with Crippen LogP contribution in [0.25, 0.3) is 0 Å². The Labute approximate surface area is 188 Å². The Kier molecular flexibility index (Phi) is 7.19.